The number of phenolic OH excluding ortho intramolecular Hbond substituents is 1. The fourth-order valence-corrected chi connectivity index (χ4v) is 4.91. The van der Waals surface area contributed by atoms with Gasteiger partial charge in [-0.05, 0) is 97.6 Å². The molecular formula is C24H15Br3N2O5. The van der Waals surface area contributed by atoms with Gasteiger partial charge in [-0.25, -0.2) is 9.69 Å². The monoisotopic (exact) mass is 648 g/mol. The van der Waals surface area contributed by atoms with Crippen molar-refractivity contribution in [3.05, 3.63) is 90.8 Å². The van der Waals surface area contributed by atoms with E-state index in [9.17, 15) is 19.5 Å². The van der Waals surface area contributed by atoms with Crippen LogP contribution in [0.5, 0.6) is 11.5 Å². The number of carbonyl (C=O) groups is 3. The van der Waals surface area contributed by atoms with E-state index in [1.807, 2.05) is 24.3 Å². The molecule has 0 aliphatic carbocycles. The van der Waals surface area contributed by atoms with Crippen LogP contribution in [0.1, 0.15) is 11.1 Å². The maximum absolute atomic E-state index is 13.0. The van der Waals surface area contributed by atoms with Crippen LogP contribution in [-0.2, 0) is 16.2 Å². The van der Waals surface area contributed by atoms with Crippen LogP contribution in [0.2, 0.25) is 0 Å². The van der Waals surface area contributed by atoms with E-state index in [1.54, 1.807) is 12.1 Å². The third-order valence-electron chi connectivity index (χ3n) is 4.84. The lowest BCUT2D eigenvalue weighted by Gasteiger charge is -2.26. The van der Waals surface area contributed by atoms with Crippen molar-refractivity contribution >= 4 is 77.4 Å². The maximum Gasteiger partial charge on any atom is 0.335 e. The molecule has 4 rings (SSSR count). The highest BCUT2D eigenvalue weighted by atomic mass is 79.9. The summed E-state index contributed by atoms with van der Waals surface area (Å²) in [7, 11) is 0. The lowest BCUT2D eigenvalue weighted by atomic mass is 10.1. The summed E-state index contributed by atoms with van der Waals surface area (Å²) in [6.07, 6.45) is 1.39. The predicted octanol–water partition coefficient (Wildman–Crippen LogP) is 5.93. The fraction of sp³-hybridized carbons (Fsp3) is 0.0417. The third-order valence-corrected chi connectivity index (χ3v) is 6.54. The molecule has 1 aliphatic heterocycles. The lowest BCUT2D eigenvalue weighted by molar-refractivity contribution is -0.122. The number of nitrogens with one attached hydrogen (secondary N) is 1. The van der Waals surface area contributed by atoms with Crippen molar-refractivity contribution in [3.63, 3.8) is 0 Å². The molecule has 0 bridgehead atoms. The summed E-state index contributed by atoms with van der Waals surface area (Å²) in [5.41, 5.74) is 1.53. The van der Waals surface area contributed by atoms with Gasteiger partial charge in [0, 0.05) is 4.47 Å². The number of rotatable bonds is 5. The first kappa shape index (κ1) is 24.2. The van der Waals surface area contributed by atoms with Gasteiger partial charge in [-0.3, -0.25) is 14.9 Å². The van der Waals surface area contributed by atoms with Crippen molar-refractivity contribution in [3.8, 4) is 11.5 Å². The molecule has 0 atom stereocenters. The number of barbiturate groups is 1. The van der Waals surface area contributed by atoms with Crippen LogP contribution in [-0.4, -0.2) is 23.0 Å². The topological polar surface area (TPSA) is 95.9 Å². The fourth-order valence-electron chi connectivity index (χ4n) is 3.20. The van der Waals surface area contributed by atoms with Gasteiger partial charge in [0.1, 0.15) is 23.7 Å². The highest BCUT2D eigenvalue weighted by Crippen LogP contribution is 2.36. The number of hydrogen-bond donors (Lipinski definition) is 2. The zero-order valence-corrected chi connectivity index (χ0v) is 22.0. The molecule has 0 spiro atoms. The molecule has 0 saturated carbocycles. The van der Waals surface area contributed by atoms with Gasteiger partial charge in [-0.1, -0.05) is 28.1 Å². The molecule has 10 heteroatoms. The van der Waals surface area contributed by atoms with Crippen LogP contribution in [0.15, 0.2) is 79.7 Å². The Bertz CT molecular complexity index is 1300. The average molecular weight is 651 g/mol. The van der Waals surface area contributed by atoms with Crippen LogP contribution < -0.4 is 15.0 Å². The van der Waals surface area contributed by atoms with Gasteiger partial charge >= 0.3 is 6.03 Å². The molecule has 2 N–H and O–H groups in total. The van der Waals surface area contributed by atoms with Crippen LogP contribution >= 0.6 is 47.8 Å². The summed E-state index contributed by atoms with van der Waals surface area (Å²) in [6.45, 7) is 0.343. The third kappa shape index (κ3) is 5.24. The Morgan fingerprint density at radius 2 is 1.53 bits per heavy atom. The molecule has 1 saturated heterocycles. The van der Waals surface area contributed by atoms with E-state index >= 15 is 0 Å². The number of ether oxygens (including phenoxy) is 1. The molecule has 0 radical (unpaired) electrons. The van der Waals surface area contributed by atoms with Gasteiger partial charge < -0.3 is 9.84 Å². The Kier molecular flexibility index (Phi) is 7.20. The van der Waals surface area contributed by atoms with Gasteiger partial charge in [-0.2, -0.15) is 0 Å². The Balaban J connectivity index is 1.60. The first-order valence-electron chi connectivity index (χ1n) is 9.79. The van der Waals surface area contributed by atoms with E-state index in [1.165, 1.54) is 30.3 Å². The van der Waals surface area contributed by atoms with Crippen LogP contribution in [0, 0.1) is 0 Å². The Hall–Kier alpha value is -2.95. The molecule has 0 unspecified atom stereocenters. The van der Waals surface area contributed by atoms with Gasteiger partial charge in [-0.15, -0.1) is 0 Å². The molecule has 1 aliphatic rings. The van der Waals surface area contributed by atoms with Crippen molar-refractivity contribution < 1.29 is 24.2 Å². The smallest absolute Gasteiger partial charge is 0.335 e. The van der Waals surface area contributed by atoms with Crippen LogP contribution in [0.3, 0.4) is 0 Å². The standard InChI is InChI=1S/C24H15Br3N2O5/c25-15-3-1-13(2-4-15)12-34-21-19(26)10-14(11-20(21)27)9-18-22(31)28-24(33)29(23(18)32)16-5-7-17(30)8-6-16/h1-11,30H,12H2,(H,28,31,33)/b18-9+. The number of imide groups is 2. The van der Waals surface area contributed by atoms with Crippen molar-refractivity contribution in [2.75, 3.05) is 4.90 Å². The molecule has 7 nitrogen and oxygen atoms in total. The Morgan fingerprint density at radius 1 is 0.912 bits per heavy atom. The number of nitrogens with zero attached hydrogens (tertiary/aromatic N) is 1. The van der Waals surface area contributed by atoms with Crippen molar-refractivity contribution in [1.29, 1.82) is 0 Å². The Morgan fingerprint density at radius 3 is 2.15 bits per heavy atom. The number of halogens is 3. The average Bonchev–Trinajstić information content (AvgIpc) is 2.78. The molecule has 0 aromatic heterocycles. The molecule has 1 fully saturated rings. The Labute approximate surface area is 219 Å². The van der Waals surface area contributed by atoms with E-state index in [2.05, 4.69) is 53.1 Å². The largest absolute Gasteiger partial charge is 0.508 e. The number of carbonyl (C=O) groups excluding carboxylic acids is 3. The van der Waals surface area contributed by atoms with Crippen molar-refractivity contribution in [1.82, 2.24) is 5.32 Å². The van der Waals surface area contributed by atoms with Gasteiger partial charge in [0.05, 0.1) is 14.6 Å². The van der Waals surface area contributed by atoms with Crippen LogP contribution in [0.25, 0.3) is 6.08 Å². The number of anilines is 1. The second kappa shape index (κ2) is 10.1. The number of hydrogen-bond acceptors (Lipinski definition) is 5. The van der Waals surface area contributed by atoms with E-state index in [4.69, 9.17) is 4.74 Å². The molecule has 4 amide bonds. The van der Waals surface area contributed by atoms with E-state index in [-0.39, 0.29) is 17.0 Å². The number of phenols is 1. The summed E-state index contributed by atoms with van der Waals surface area (Å²) in [5.74, 6) is -1.03. The summed E-state index contributed by atoms with van der Waals surface area (Å²) < 4.78 is 8.13. The zero-order valence-electron chi connectivity index (χ0n) is 17.2. The number of amides is 4. The molecule has 1 heterocycles. The summed E-state index contributed by atoms with van der Waals surface area (Å²) in [6, 6.07) is 15.8. The SMILES string of the molecule is O=C1NC(=O)N(c2ccc(O)cc2)C(=O)/C1=C/c1cc(Br)c(OCc2ccc(Br)cc2)c(Br)c1. The maximum atomic E-state index is 13.0. The highest BCUT2D eigenvalue weighted by Gasteiger charge is 2.36. The van der Waals surface area contributed by atoms with Gasteiger partial charge in [0.15, 0.2) is 0 Å². The van der Waals surface area contributed by atoms with Crippen molar-refractivity contribution in [2.24, 2.45) is 0 Å². The highest BCUT2D eigenvalue weighted by molar-refractivity contribution is 9.11. The van der Waals surface area contributed by atoms with E-state index < -0.39 is 17.8 Å². The minimum Gasteiger partial charge on any atom is -0.508 e. The molecule has 34 heavy (non-hydrogen) atoms. The molecule has 3 aromatic carbocycles. The van der Waals surface area contributed by atoms with E-state index in [0.717, 1.165) is 14.9 Å². The first-order valence-corrected chi connectivity index (χ1v) is 12.2. The molecular weight excluding hydrogens is 636 g/mol. The van der Waals surface area contributed by atoms with E-state index in [0.29, 0.717) is 26.9 Å². The number of aromatic hydroxyl groups is 1. The molecule has 3 aromatic rings. The predicted molar refractivity (Wildman–Crippen MR) is 137 cm³/mol. The second-order valence-electron chi connectivity index (χ2n) is 7.20. The van der Waals surface area contributed by atoms with Gasteiger partial charge in [0.25, 0.3) is 11.8 Å². The zero-order chi connectivity index (χ0) is 24.4. The minimum absolute atomic E-state index is 0.0161. The number of urea groups is 1. The second-order valence-corrected chi connectivity index (χ2v) is 9.83. The first-order chi connectivity index (χ1) is 16.2. The quantitative estimate of drug-likeness (QED) is 0.264. The lowest BCUT2D eigenvalue weighted by Crippen LogP contribution is -2.54. The molecule has 172 valence electrons. The van der Waals surface area contributed by atoms with Gasteiger partial charge in [0.2, 0.25) is 0 Å². The minimum atomic E-state index is -0.864. The number of benzene rings is 3. The van der Waals surface area contributed by atoms with Crippen molar-refractivity contribution in [2.45, 2.75) is 6.61 Å². The summed E-state index contributed by atoms with van der Waals surface area (Å²) >= 11 is 10.4. The van der Waals surface area contributed by atoms with Crippen LogP contribution in [0.4, 0.5) is 10.5 Å². The summed E-state index contributed by atoms with van der Waals surface area (Å²) in [5, 5.41) is 11.6. The summed E-state index contributed by atoms with van der Waals surface area (Å²) in [4.78, 5) is 38.6. The normalized spacial score (nSPS) is 15.0.